The van der Waals surface area contributed by atoms with Gasteiger partial charge in [-0.3, -0.25) is 4.79 Å². The van der Waals surface area contributed by atoms with Crippen LogP contribution in [0, 0.1) is 5.82 Å². The minimum absolute atomic E-state index is 0.155. The molecule has 3 N–H and O–H groups in total. The molecule has 8 heteroatoms. The zero-order valence-electron chi connectivity index (χ0n) is 9.48. The molecule has 0 spiro atoms. The Morgan fingerprint density at radius 1 is 1.56 bits per heavy atom. The van der Waals surface area contributed by atoms with E-state index in [1.807, 2.05) is 0 Å². The molecule has 0 aliphatic heterocycles. The Kier molecular flexibility index (Phi) is 4.83. The van der Waals surface area contributed by atoms with Crippen LogP contribution in [0.15, 0.2) is 27.6 Å². The number of primary amides is 1. The fraction of sp³-hybridized carbons (Fsp3) is 0.300. The second-order valence-electron chi connectivity index (χ2n) is 3.77. The maximum Gasteiger partial charge on any atom is 0.243 e. The van der Waals surface area contributed by atoms with Crippen molar-refractivity contribution in [1.82, 2.24) is 4.72 Å². The van der Waals surface area contributed by atoms with Gasteiger partial charge in [0, 0.05) is 16.9 Å². The van der Waals surface area contributed by atoms with Gasteiger partial charge in [-0.05, 0) is 25.1 Å². The molecule has 18 heavy (non-hydrogen) atoms. The van der Waals surface area contributed by atoms with E-state index in [-0.39, 0.29) is 6.42 Å². The highest BCUT2D eigenvalue weighted by molar-refractivity contribution is 9.10. The van der Waals surface area contributed by atoms with Crippen molar-refractivity contribution < 1.29 is 17.6 Å². The van der Waals surface area contributed by atoms with Gasteiger partial charge in [0.2, 0.25) is 15.9 Å². The monoisotopic (exact) mass is 338 g/mol. The van der Waals surface area contributed by atoms with E-state index in [2.05, 4.69) is 20.7 Å². The molecule has 1 amide bonds. The van der Waals surface area contributed by atoms with Crippen LogP contribution < -0.4 is 10.5 Å². The molecule has 1 unspecified atom stereocenters. The van der Waals surface area contributed by atoms with Gasteiger partial charge in [0.05, 0.1) is 0 Å². The van der Waals surface area contributed by atoms with E-state index < -0.39 is 32.7 Å². The summed E-state index contributed by atoms with van der Waals surface area (Å²) < 4.78 is 39.8. The van der Waals surface area contributed by atoms with E-state index in [0.29, 0.717) is 4.47 Å². The minimum atomic E-state index is -4.01. The van der Waals surface area contributed by atoms with E-state index >= 15 is 0 Å². The molecule has 0 aromatic heterocycles. The lowest BCUT2D eigenvalue weighted by Gasteiger charge is -2.13. The zero-order valence-corrected chi connectivity index (χ0v) is 11.9. The molecule has 100 valence electrons. The van der Waals surface area contributed by atoms with Crippen LogP contribution in [0.5, 0.6) is 0 Å². The molecule has 0 aliphatic rings. The molecule has 1 aromatic rings. The van der Waals surface area contributed by atoms with Crippen molar-refractivity contribution in [3.8, 4) is 0 Å². The second-order valence-corrected chi connectivity index (χ2v) is 6.37. The summed E-state index contributed by atoms with van der Waals surface area (Å²) in [6, 6.07) is 2.90. The average Bonchev–Trinajstić information content (AvgIpc) is 2.13. The lowest BCUT2D eigenvalue weighted by molar-refractivity contribution is -0.118. The Hall–Kier alpha value is -0.990. The third-order valence-electron chi connectivity index (χ3n) is 2.05. The third kappa shape index (κ3) is 4.04. The van der Waals surface area contributed by atoms with Crippen LogP contribution in [0.3, 0.4) is 0 Å². The Labute approximate surface area is 113 Å². The summed E-state index contributed by atoms with van der Waals surface area (Å²) in [4.78, 5) is 10.2. The Morgan fingerprint density at radius 3 is 2.67 bits per heavy atom. The molecule has 0 saturated carbocycles. The van der Waals surface area contributed by atoms with E-state index in [1.165, 1.54) is 13.0 Å². The van der Waals surface area contributed by atoms with Crippen molar-refractivity contribution in [2.75, 3.05) is 0 Å². The molecule has 0 bridgehead atoms. The van der Waals surface area contributed by atoms with Gasteiger partial charge in [-0.25, -0.2) is 17.5 Å². The van der Waals surface area contributed by atoms with Crippen molar-refractivity contribution in [3.05, 3.63) is 28.5 Å². The fourth-order valence-electron chi connectivity index (χ4n) is 1.36. The summed E-state index contributed by atoms with van der Waals surface area (Å²) in [6.07, 6.45) is -0.155. The van der Waals surface area contributed by atoms with Crippen LogP contribution in [0.2, 0.25) is 0 Å². The van der Waals surface area contributed by atoms with Gasteiger partial charge in [0.25, 0.3) is 0 Å². The van der Waals surface area contributed by atoms with Crippen LogP contribution in [0.1, 0.15) is 13.3 Å². The number of halogens is 2. The van der Waals surface area contributed by atoms with Crippen molar-refractivity contribution in [2.24, 2.45) is 5.73 Å². The number of benzene rings is 1. The highest BCUT2D eigenvalue weighted by Gasteiger charge is 2.22. The molecule has 0 aliphatic carbocycles. The molecule has 5 nitrogen and oxygen atoms in total. The van der Waals surface area contributed by atoms with E-state index in [0.717, 1.165) is 12.1 Å². The summed E-state index contributed by atoms with van der Waals surface area (Å²) in [5.41, 5.74) is 4.95. The molecule has 1 rings (SSSR count). The first-order chi connectivity index (χ1) is 8.22. The second kappa shape index (κ2) is 5.77. The smallest absolute Gasteiger partial charge is 0.243 e. The molecule has 0 heterocycles. The van der Waals surface area contributed by atoms with Gasteiger partial charge in [-0.1, -0.05) is 15.9 Å². The van der Waals surface area contributed by atoms with Gasteiger partial charge in [-0.15, -0.1) is 0 Å². The molecule has 1 atom stereocenters. The normalized spacial score (nSPS) is 13.3. The number of nitrogens with two attached hydrogens (primary N) is 1. The zero-order chi connectivity index (χ0) is 13.9. The van der Waals surface area contributed by atoms with Gasteiger partial charge in [0.1, 0.15) is 10.7 Å². The highest BCUT2D eigenvalue weighted by Crippen LogP contribution is 2.19. The predicted octanol–water partition coefficient (Wildman–Crippen LogP) is 1.13. The summed E-state index contributed by atoms with van der Waals surface area (Å²) in [5.74, 6) is -1.51. The molecule has 0 radical (unpaired) electrons. The third-order valence-corrected chi connectivity index (χ3v) is 4.16. The Balaban J connectivity index is 2.96. The number of amides is 1. The van der Waals surface area contributed by atoms with Gasteiger partial charge < -0.3 is 5.73 Å². The molecule has 0 saturated heterocycles. The van der Waals surface area contributed by atoms with E-state index in [1.54, 1.807) is 0 Å². The lowest BCUT2D eigenvalue weighted by atomic mass is 10.2. The first-order valence-electron chi connectivity index (χ1n) is 4.98. The summed E-state index contributed by atoms with van der Waals surface area (Å²) >= 11 is 3.03. The first kappa shape index (κ1) is 15.1. The summed E-state index contributed by atoms with van der Waals surface area (Å²) in [5, 5.41) is 0. The Morgan fingerprint density at radius 2 is 2.17 bits per heavy atom. The predicted molar refractivity (Wildman–Crippen MR) is 67.7 cm³/mol. The highest BCUT2D eigenvalue weighted by atomic mass is 79.9. The fourth-order valence-corrected chi connectivity index (χ4v) is 3.00. The summed E-state index contributed by atoms with van der Waals surface area (Å²) in [6.45, 7) is 1.47. The van der Waals surface area contributed by atoms with E-state index in [9.17, 15) is 17.6 Å². The van der Waals surface area contributed by atoms with Crippen LogP contribution in [0.25, 0.3) is 0 Å². The number of carbonyl (C=O) groups excluding carboxylic acids is 1. The van der Waals surface area contributed by atoms with Crippen LogP contribution in [0.4, 0.5) is 4.39 Å². The first-order valence-corrected chi connectivity index (χ1v) is 7.25. The molecular formula is C10H12BrFN2O3S. The quantitative estimate of drug-likeness (QED) is 0.843. The van der Waals surface area contributed by atoms with Crippen LogP contribution >= 0.6 is 15.9 Å². The molecule has 1 aromatic carbocycles. The SMILES string of the molecule is CC(CC(N)=O)NS(=O)(=O)c1ccc(Br)cc1F. The Bertz CT molecular complexity index is 562. The minimum Gasteiger partial charge on any atom is -0.370 e. The van der Waals surface area contributed by atoms with Gasteiger partial charge >= 0.3 is 0 Å². The van der Waals surface area contributed by atoms with E-state index in [4.69, 9.17) is 5.73 Å². The summed E-state index contributed by atoms with van der Waals surface area (Å²) in [7, 11) is -4.01. The van der Waals surface area contributed by atoms with Gasteiger partial charge in [-0.2, -0.15) is 0 Å². The van der Waals surface area contributed by atoms with Crippen LogP contribution in [-0.4, -0.2) is 20.4 Å². The maximum atomic E-state index is 13.5. The molecule has 0 fully saturated rings. The largest absolute Gasteiger partial charge is 0.370 e. The number of hydrogen-bond acceptors (Lipinski definition) is 3. The van der Waals surface area contributed by atoms with Crippen molar-refractivity contribution in [2.45, 2.75) is 24.3 Å². The van der Waals surface area contributed by atoms with Crippen molar-refractivity contribution in [3.63, 3.8) is 0 Å². The number of carbonyl (C=O) groups is 1. The number of rotatable bonds is 5. The average molecular weight is 339 g/mol. The molecular weight excluding hydrogens is 327 g/mol. The number of nitrogens with one attached hydrogen (secondary N) is 1. The van der Waals surface area contributed by atoms with Crippen molar-refractivity contribution >= 4 is 31.9 Å². The number of sulfonamides is 1. The van der Waals surface area contributed by atoms with Crippen LogP contribution in [-0.2, 0) is 14.8 Å². The topological polar surface area (TPSA) is 89.3 Å². The standard InChI is InChI=1S/C10H12BrFN2O3S/c1-6(4-10(13)15)14-18(16,17)9-3-2-7(11)5-8(9)12/h2-3,5-6,14H,4H2,1H3,(H2,13,15). The van der Waals surface area contributed by atoms with Crippen molar-refractivity contribution in [1.29, 1.82) is 0 Å². The lowest BCUT2D eigenvalue weighted by Crippen LogP contribution is -2.36. The number of hydrogen-bond donors (Lipinski definition) is 2. The maximum absolute atomic E-state index is 13.5. The van der Waals surface area contributed by atoms with Gasteiger partial charge in [0.15, 0.2) is 0 Å².